The van der Waals surface area contributed by atoms with E-state index in [0.717, 1.165) is 25.0 Å². The van der Waals surface area contributed by atoms with Crippen LogP contribution in [0.25, 0.3) is 0 Å². The van der Waals surface area contributed by atoms with Crippen LogP contribution >= 0.6 is 0 Å². The molecule has 2 rings (SSSR count). The number of nitrogens with one attached hydrogen (secondary N) is 1. The third-order valence-electron chi connectivity index (χ3n) is 3.36. The minimum Gasteiger partial charge on any atom is -0.352 e. The van der Waals surface area contributed by atoms with Gasteiger partial charge in [-0.15, -0.1) is 0 Å². The number of carbonyl (C=O) groups excluding carboxylic acids is 1. The summed E-state index contributed by atoms with van der Waals surface area (Å²) >= 11 is 0. The van der Waals surface area contributed by atoms with Crippen molar-refractivity contribution >= 4 is 5.91 Å². The molecule has 1 atom stereocenters. The molecule has 0 fully saturated rings. The van der Waals surface area contributed by atoms with Gasteiger partial charge in [0.1, 0.15) is 0 Å². The lowest BCUT2D eigenvalue weighted by Crippen LogP contribution is -2.30. The van der Waals surface area contributed by atoms with Gasteiger partial charge in [0.05, 0.1) is 5.56 Å². The van der Waals surface area contributed by atoms with Crippen LogP contribution in [0.15, 0.2) is 36.4 Å². The Labute approximate surface area is 115 Å². The first-order valence-electron chi connectivity index (χ1n) is 6.55. The fourth-order valence-corrected chi connectivity index (χ4v) is 2.22. The SMILES string of the molecule is O=C(NCc1cccc(C(F)(F)F)c1)[C@@H]1CC=CCC1. The molecule has 0 radical (unpaired) electrons. The average molecular weight is 283 g/mol. The van der Waals surface area contributed by atoms with Crippen LogP contribution in [0.3, 0.4) is 0 Å². The molecule has 0 spiro atoms. The first-order chi connectivity index (χ1) is 9.47. The highest BCUT2D eigenvalue weighted by Crippen LogP contribution is 2.29. The fraction of sp³-hybridized carbons (Fsp3) is 0.400. The molecule has 1 amide bonds. The Balaban J connectivity index is 1.94. The highest BCUT2D eigenvalue weighted by Gasteiger charge is 2.30. The van der Waals surface area contributed by atoms with Crippen molar-refractivity contribution < 1.29 is 18.0 Å². The van der Waals surface area contributed by atoms with Crippen LogP contribution < -0.4 is 5.32 Å². The summed E-state index contributed by atoms with van der Waals surface area (Å²) in [5.41, 5.74) is -0.232. The number of carbonyl (C=O) groups is 1. The molecule has 1 aromatic carbocycles. The Morgan fingerprint density at radius 2 is 2.10 bits per heavy atom. The summed E-state index contributed by atoms with van der Waals surface area (Å²) in [5.74, 6) is -0.155. The van der Waals surface area contributed by atoms with Gasteiger partial charge in [-0.1, -0.05) is 24.3 Å². The number of benzene rings is 1. The molecule has 0 heterocycles. The van der Waals surface area contributed by atoms with E-state index >= 15 is 0 Å². The number of halogens is 3. The van der Waals surface area contributed by atoms with Crippen molar-refractivity contribution in [3.63, 3.8) is 0 Å². The first-order valence-corrected chi connectivity index (χ1v) is 6.55. The van der Waals surface area contributed by atoms with Crippen LogP contribution in [0, 0.1) is 5.92 Å². The summed E-state index contributed by atoms with van der Waals surface area (Å²) in [7, 11) is 0. The van der Waals surface area contributed by atoms with Crippen molar-refractivity contribution in [1.29, 1.82) is 0 Å². The van der Waals surface area contributed by atoms with Gasteiger partial charge in [-0.25, -0.2) is 0 Å². The second-order valence-corrected chi connectivity index (χ2v) is 4.90. The second-order valence-electron chi connectivity index (χ2n) is 4.90. The molecule has 108 valence electrons. The van der Waals surface area contributed by atoms with Gasteiger partial charge in [-0.05, 0) is 37.0 Å². The maximum Gasteiger partial charge on any atom is 0.416 e. The fourth-order valence-electron chi connectivity index (χ4n) is 2.22. The van der Waals surface area contributed by atoms with E-state index in [-0.39, 0.29) is 18.4 Å². The molecule has 1 aromatic rings. The number of alkyl halides is 3. The molecule has 1 aliphatic carbocycles. The normalized spacial score (nSPS) is 18.9. The third-order valence-corrected chi connectivity index (χ3v) is 3.36. The van der Waals surface area contributed by atoms with Crippen molar-refractivity contribution in [2.75, 3.05) is 0 Å². The molecular weight excluding hydrogens is 267 g/mol. The third kappa shape index (κ3) is 3.85. The molecule has 1 aliphatic rings. The first kappa shape index (κ1) is 14.6. The van der Waals surface area contributed by atoms with E-state index in [0.29, 0.717) is 12.0 Å². The van der Waals surface area contributed by atoms with Crippen molar-refractivity contribution in [3.05, 3.63) is 47.5 Å². The zero-order valence-electron chi connectivity index (χ0n) is 10.9. The second kappa shape index (κ2) is 6.11. The largest absolute Gasteiger partial charge is 0.416 e. The molecule has 0 aromatic heterocycles. The van der Waals surface area contributed by atoms with Crippen molar-refractivity contribution in [2.45, 2.75) is 32.0 Å². The number of hydrogen-bond donors (Lipinski definition) is 1. The number of allylic oxidation sites excluding steroid dienone is 2. The molecule has 0 bridgehead atoms. The zero-order valence-corrected chi connectivity index (χ0v) is 10.9. The smallest absolute Gasteiger partial charge is 0.352 e. The number of hydrogen-bond acceptors (Lipinski definition) is 1. The van der Waals surface area contributed by atoms with Gasteiger partial charge in [0.2, 0.25) is 5.91 Å². The van der Waals surface area contributed by atoms with E-state index in [4.69, 9.17) is 0 Å². The Morgan fingerprint density at radius 1 is 1.30 bits per heavy atom. The number of rotatable bonds is 3. The summed E-state index contributed by atoms with van der Waals surface area (Å²) in [6.45, 7) is 0.128. The highest BCUT2D eigenvalue weighted by molar-refractivity contribution is 5.78. The van der Waals surface area contributed by atoms with Crippen molar-refractivity contribution in [1.82, 2.24) is 5.32 Å². The van der Waals surface area contributed by atoms with E-state index in [1.54, 1.807) is 6.07 Å². The van der Waals surface area contributed by atoms with Gasteiger partial charge in [0.15, 0.2) is 0 Å². The molecule has 5 heteroatoms. The molecule has 1 N–H and O–H groups in total. The van der Waals surface area contributed by atoms with Crippen molar-refractivity contribution in [2.24, 2.45) is 5.92 Å². The minimum absolute atomic E-state index is 0.0641. The van der Waals surface area contributed by atoms with Crippen LogP contribution in [0.2, 0.25) is 0 Å². The Kier molecular flexibility index (Phi) is 4.47. The molecular formula is C15H16F3NO. The van der Waals surface area contributed by atoms with Gasteiger partial charge in [0, 0.05) is 12.5 Å². The zero-order chi connectivity index (χ0) is 14.6. The maximum atomic E-state index is 12.6. The summed E-state index contributed by atoms with van der Waals surface area (Å²) in [6.07, 6.45) is 2.03. The quantitative estimate of drug-likeness (QED) is 0.842. The molecule has 0 saturated heterocycles. The predicted molar refractivity (Wildman–Crippen MR) is 69.8 cm³/mol. The Morgan fingerprint density at radius 3 is 2.75 bits per heavy atom. The van der Waals surface area contributed by atoms with Crippen LogP contribution in [-0.2, 0) is 17.5 Å². The van der Waals surface area contributed by atoms with Crippen molar-refractivity contribution in [3.8, 4) is 0 Å². The molecule has 20 heavy (non-hydrogen) atoms. The lowest BCUT2D eigenvalue weighted by molar-refractivity contribution is -0.137. The van der Waals surface area contributed by atoms with Crippen LogP contribution in [0.4, 0.5) is 13.2 Å². The Hall–Kier alpha value is -1.78. The monoisotopic (exact) mass is 283 g/mol. The van der Waals surface area contributed by atoms with Gasteiger partial charge in [0.25, 0.3) is 0 Å². The van der Waals surface area contributed by atoms with Gasteiger partial charge < -0.3 is 5.32 Å². The molecule has 0 aliphatic heterocycles. The van der Waals surface area contributed by atoms with Gasteiger partial charge in [-0.2, -0.15) is 13.2 Å². The van der Waals surface area contributed by atoms with Crippen LogP contribution in [-0.4, -0.2) is 5.91 Å². The molecule has 2 nitrogen and oxygen atoms in total. The number of amides is 1. The van der Waals surface area contributed by atoms with Gasteiger partial charge >= 0.3 is 6.18 Å². The maximum absolute atomic E-state index is 12.6. The summed E-state index contributed by atoms with van der Waals surface area (Å²) < 4.78 is 37.7. The Bertz CT molecular complexity index is 508. The summed E-state index contributed by atoms with van der Waals surface area (Å²) in [5, 5.41) is 2.71. The standard InChI is InChI=1S/C15H16F3NO/c16-15(17,18)13-8-4-5-11(9-13)10-19-14(20)12-6-2-1-3-7-12/h1-2,4-5,8-9,12H,3,6-7,10H2,(H,19,20)/t12-/m1/s1. The van der Waals surface area contributed by atoms with E-state index in [9.17, 15) is 18.0 Å². The topological polar surface area (TPSA) is 29.1 Å². The molecule has 0 saturated carbocycles. The summed E-state index contributed by atoms with van der Waals surface area (Å²) in [6, 6.07) is 5.03. The van der Waals surface area contributed by atoms with E-state index in [2.05, 4.69) is 5.32 Å². The van der Waals surface area contributed by atoms with E-state index in [1.807, 2.05) is 12.2 Å². The van der Waals surface area contributed by atoms with E-state index < -0.39 is 11.7 Å². The highest BCUT2D eigenvalue weighted by atomic mass is 19.4. The lowest BCUT2D eigenvalue weighted by Gasteiger charge is -2.17. The molecule has 0 unspecified atom stereocenters. The minimum atomic E-state index is -4.35. The van der Waals surface area contributed by atoms with Gasteiger partial charge in [-0.3, -0.25) is 4.79 Å². The van der Waals surface area contributed by atoms with Crippen LogP contribution in [0.1, 0.15) is 30.4 Å². The predicted octanol–water partition coefficient (Wildman–Crippen LogP) is 3.68. The van der Waals surface area contributed by atoms with E-state index in [1.165, 1.54) is 6.07 Å². The lowest BCUT2D eigenvalue weighted by atomic mass is 9.93. The summed E-state index contributed by atoms with van der Waals surface area (Å²) in [4.78, 5) is 11.9. The average Bonchev–Trinajstić information content (AvgIpc) is 2.45. The van der Waals surface area contributed by atoms with Crippen LogP contribution in [0.5, 0.6) is 0 Å².